The largest absolute Gasteiger partial charge is 1.00 e. The third kappa shape index (κ3) is 8.35. The van der Waals surface area contributed by atoms with Crippen LogP contribution >= 0.6 is 0 Å². The van der Waals surface area contributed by atoms with Gasteiger partial charge >= 0.3 is 35.8 Å². The fourth-order valence-corrected chi connectivity index (χ4v) is 3.42. The summed E-state index contributed by atoms with van der Waals surface area (Å²) in [6.07, 6.45) is -1.77. The smallest absolute Gasteiger partial charge is 0.460 e. The number of aryl methyl sites for hydroxylation is 1. The fraction of sp³-hybridized carbons (Fsp3) is 0.773. The second-order valence-electron chi connectivity index (χ2n) is 8.55. The van der Waals surface area contributed by atoms with E-state index in [-0.39, 0.29) is 29.8 Å². The van der Waals surface area contributed by atoms with E-state index in [1.54, 1.807) is 0 Å². The lowest BCUT2D eigenvalue weighted by atomic mass is 9.91. The molecule has 0 fully saturated rings. The van der Waals surface area contributed by atoms with Crippen molar-refractivity contribution < 1.29 is 78.6 Å². The van der Waals surface area contributed by atoms with E-state index in [4.69, 9.17) is 0 Å². The maximum absolute atomic E-state index is 13.7. The van der Waals surface area contributed by atoms with E-state index < -0.39 is 48.6 Å². The van der Waals surface area contributed by atoms with Gasteiger partial charge in [0.25, 0.3) is 0 Å². The predicted octanol–water partition coefficient (Wildman–Crippen LogP) is 5.62. The van der Waals surface area contributed by atoms with Crippen molar-refractivity contribution >= 4 is 0 Å². The molecule has 0 amide bonds. The number of aromatic nitrogens is 1. The molecule has 37 heavy (non-hydrogen) atoms. The predicted molar refractivity (Wildman–Crippen MR) is 104 cm³/mol. The number of unbranched alkanes of at least 4 members (excludes halogenated alkanes) is 8. The maximum atomic E-state index is 13.7. The Morgan fingerprint density at radius 3 is 1.24 bits per heavy atom. The van der Waals surface area contributed by atoms with E-state index in [1.165, 1.54) is 0 Å². The molecule has 0 radical (unpaired) electrons. The molecule has 0 aliphatic carbocycles. The van der Waals surface area contributed by atoms with Gasteiger partial charge in [-0.25, -0.2) is 4.57 Å². The number of nitrogens with zero attached hydrogens (tertiary/aromatic N) is 1. The zero-order valence-electron chi connectivity index (χ0n) is 19.4. The van der Waals surface area contributed by atoms with E-state index >= 15 is 0 Å². The van der Waals surface area contributed by atoms with Crippen LogP contribution in [-0.4, -0.2) is 35.8 Å². The summed E-state index contributed by atoms with van der Waals surface area (Å²) in [5.74, 6) is -36.3. The summed E-state index contributed by atoms with van der Waals surface area (Å²) >= 11 is 0. The average Bonchev–Trinajstić information content (AvgIpc) is 2.76. The Hall–Kier alpha value is -1.28. The first-order valence-electron chi connectivity index (χ1n) is 11.2. The molecule has 0 spiro atoms. The van der Waals surface area contributed by atoms with Gasteiger partial charge in [0.15, 0.2) is 12.4 Å². The Kier molecular flexibility index (Phi) is 13.2. The molecule has 1 heterocycles. The lowest BCUT2D eigenvalue weighted by Gasteiger charge is -2.39. The molecular weight excluding hydrogens is 605 g/mol. The molecule has 1 nitrogen and oxygen atoms in total. The first-order valence-corrected chi connectivity index (χ1v) is 11.2. The van der Waals surface area contributed by atoms with Gasteiger partial charge < -0.3 is 17.0 Å². The minimum absolute atomic E-state index is 0. The molecule has 0 aliphatic heterocycles. The molecule has 1 aromatic heterocycles. The Balaban J connectivity index is 0.0000130. The summed E-state index contributed by atoms with van der Waals surface area (Å²) in [5.41, 5.74) is 0. The van der Waals surface area contributed by atoms with Crippen molar-refractivity contribution in [1.29, 1.82) is 0 Å². The number of alkyl halides is 13. The molecule has 0 unspecified atom stereocenters. The van der Waals surface area contributed by atoms with Gasteiger partial charge in [-0.2, -0.15) is 57.1 Å². The van der Waals surface area contributed by atoms with Crippen molar-refractivity contribution in [3.63, 3.8) is 0 Å². The summed E-state index contributed by atoms with van der Waals surface area (Å²) in [6, 6.07) is 5.67. The third-order valence-corrected chi connectivity index (χ3v) is 5.68. The van der Waals surface area contributed by atoms with E-state index in [0.29, 0.717) is 12.8 Å². The van der Waals surface area contributed by atoms with Crippen LogP contribution in [-0.2, 0) is 6.54 Å². The SMILES string of the molecule is FC(F)(F)C(F)(F)C(F)(F)C(F)(F)C(F)(F)C(F)(F)CCCCCCCCCCC[n+]1ccccc1.[Br-]. The first-order chi connectivity index (χ1) is 16.3. The second-order valence-corrected chi connectivity index (χ2v) is 8.55. The van der Waals surface area contributed by atoms with Gasteiger partial charge in [-0.3, -0.25) is 0 Å². The number of halogens is 14. The van der Waals surface area contributed by atoms with Crippen LogP contribution in [0.25, 0.3) is 0 Å². The minimum Gasteiger partial charge on any atom is -1.00 e. The molecule has 218 valence electrons. The van der Waals surface area contributed by atoms with Crippen molar-refractivity contribution in [2.24, 2.45) is 0 Å². The number of hydrogen-bond donors (Lipinski definition) is 0. The second kappa shape index (κ2) is 13.7. The van der Waals surface area contributed by atoms with E-state index in [2.05, 4.69) is 0 Å². The van der Waals surface area contributed by atoms with Gasteiger partial charge in [0.2, 0.25) is 0 Å². The van der Waals surface area contributed by atoms with Crippen LogP contribution in [0.1, 0.15) is 64.2 Å². The van der Waals surface area contributed by atoms with Crippen molar-refractivity contribution in [3.8, 4) is 0 Å². The van der Waals surface area contributed by atoms with Crippen molar-refractivity contribution in [2.45, 2.75) is 107 Å². The van der Waals surface area contributed by atoms with Crippen LogP contribution in [0.5, 0.6) is 0 Å². The lowest BCUT2D eigenvalue weighted by Crippen LogP contribution is -3.00. The zero-order chi connectivity index (χ0) is 27.9. The normalized spacial score (nSPS) is 14.0. The summed E-state index contributed by atoms with van der Waals surface area (Å²) < 4.78 is 172. The lowest BCUT2D eigenvalue weighted by molar-refractivity contribution is -0.697. The van der Waals surface area contributed by atoms with Crippen LogP contribution in [0.4, 0.5) is 57.1 Å². The molecule has 0 atom stereocenters. The summed E-state index contributed by atoms with van der Waals surface area (Å²) in [5, 5.41) is 0. The molecule has 0 saturated heterocycles. The van der Waals surface area contributed by atoms with Crippen LogP contribution in [0.15, 0.2) is 30.6 Å². The molecule has 1 aromatic rings. The number of rotatable bonds is 16. The fourth-order valence-electron chi connectivity index (χ4n) is 3.42. The van der Waals surface area contributed by atoms with Gasteiger partial charge in [0.05, 0.1) is 0 Å². The highest BCUT2D eigenvalue weighted by Gasteiger charge is 2.90. The van der Waals surface area contributed by atoms with E-state index in [0.717, 1.165) is 32.2 Å². The number of pyridine rings is 1. The quantitative estimate of drug-likeness (QED) is 0.127. The van der Waals surface area contributed by atoms with Crippen molar-refractivity contribution in [2.75, 3.05) is 0 Å². The van der Waals surface area contributed by atoms with Gasteiger partial charge in [0.1, 0.15) is 6.54 Å². The van der Waals surface area contributed by atoms with E-state index in [1.807, 2.05) is 35.2 Å². The Labute approximate surface area is 216 Å². The zero-order valence-corrected chi connectivity index (χ0v) is 21.0. The molecule has 0 aromatic carbocycles. The van der Waals surface area contributed by atoms with E-state index in [9.17, 15) is 57.1 Å². The monoisotopic (exact) mass is 631 g/mol. The van der Waals surface area contributed by atoms with Gasteiger partial charge in [-0.05, 0) is 12.8 Å². The maximum Gasteiger partial charge on any atom is 0.460 e. The topological polar surface area (TPSA) is 3.88 Å². The highest BCUT2D eigenvalue weighted by atomic mass is 79.9. The molecule has 1 rings (SSSR count). The minimum atomic E-state index is -7.83. The molecule has 15 heteroatoms. The van der Waals surface area contributed by atoms with Crippen LogP contribution < -0.4 is 21.5 Å². The Morgan fingerprint density at radius 1 is 0.432 bits per heavy atom. The van der Waals surface area contributed by atoms with Gasteiger partial charge in [-0.15, -0.1) is 0 Å². The molecule has 0 N–H and O–H groups in total. The summed E-state index contributed by atoms with van der Waals surface area (Å²) in [4.78, 5) is 0. The first kappa shape index (κ1) is 35.7. The average molecular weight is 632 g/mol. The van der Waals surface area contributed by atoms with Crippen molar-refractivity contribution in [3.05, 3.63) is 30.6 Å². The molecule has 0 aliphatic rings. The van der Waals surface area contributed by atoms with Crippen LogP contribution in [0.2, 0.25) is 0 Å². The van der Waals surface area contributed by atoms with Gasteiger partial charge in [0, 0.05) is 25.0 Å². The Morgan fingerprint density at radius 2 is 0.811 bits per heavy atom. The van der Waals surface area contributed by atoms with Crippen LogP contribution in [0, 0.1) is 0 Å². The summed E-state index contributed by atoms with van der Waals surface area (Å²) in [7, 11) is 0. The van der Waals surface area contributed by atoms with Crippen LogP contribution in [0.3, 0.4) is 0 Å². The number of hydrogen-bond acceptors (Lipinski definition) is 0. The Bertz CT molecular complexity index is 783. The molecule has 0 saturated carbocycles. The third-order valence-electron chi connectivity index (χ3n) is 5.68. The summed E-state index contributed by atoms with van der Waals surface area (Å²) in [6.45, 7) is 0.832. The molecular formula is C22H27BrF13N. The molecule has 0 bridgehead atoms. The highest BCUT2D eigenvalue weighted by molar-refractivity contribution is 5.10. The van der Waals surface area contributed by atoms with Gasteiger partial charge in [-0.1, -0.05) is 44.6 Å². The standard InChI is InChI=1S/C22H27F13N.BrH/c23-17(24,18(25,26)19(27,28)20(29,30)21(31,32)22(33,34)35)13-9-6-4-2-1-3-5-7-10-14-36-15-11-8-12-16-36;/h8,11-12,15-16H,1-7,9-10,13-14H2;1H/q+1;/p-1. The highest BCUT2D eigenvalue weighted by Crippen LogP contribution is 2.60. The van der Waals surface area contributed by atoms with Crippen molar-refractivity contribution in [1.82, 2.24) is 0 Å².